The van der Waals surface area contributed by atoms with Crippen molar-refractivity contribution in [1.82, 2.24) is 4.90 Å². The molecule has 5 heteroatoms. The Labute approximate surface area is 143 Å². The number of hydrogen-bond acceptors (Lipinski definition) is 3. The van der Waals surface area contributed by atoms with Crippen LogP contribution in [0.4, 0.5) is 0 Å². The van der Waals surface area contributed by atoms with Crippen molar-refractivity contribution in [1.29, 1.82) is 0 Å². The number of likely N-dealkylation sites (tertiary alicyclic amines) is 1. The third-order valence-corrected chi connectivity index (χ3v) is 5.09. The van der Waals surface area contributed by atoms with Crippen LogP contribution in [0.1, 0.15) is 37.8 Å². The van der Waals surface area contributed by atoms with Gasteiger partial charge in [-0.3, -0.25) is 9.59 Å². The summed E-state index contributed by atoms with van der Waals surface area (Å²) in [6.45, 7) is 8.93. The molecule has 5 nitrogen and oxygen atoms in total. The van der Waals surface area contributed by atoms with Crippen molar-refractivity contribution in [2.24, 2.45) is 11.3 Å². The highest BCUT2D eigenvalue weighted by Crippen LogP contribution is 2.38. The first-order valence-corrected chi connectivity index (χ1v) is 8.47. The highest BCUT2D eigenvalue weighted by molar-refractivity contribution is 5.81. The molecule has 0 radical (unpaired) electrons. The van der Waals surface area contributed by atoms with Crippen molar-refractivity contribution in [2.75, 3.05) is 19.7 Å². The molecule has 1 amide bonds. The molecule has 1 aromatic rings. The van der Waals surface area contributed by atoms with Crippen molar-refractivity contribution in [3.8, 4) is 5.75 Å². The molecular weight excluding hydrogens is 306 g/mol. The van der Waals surface area contributed by atoms with Crippen molar-refractivity contribution in [3.05, 3.63) is 29.3 Å². The Hall–Kier alpha value is -2.04. The van der Waals surface area contributed by atoms with Crippen LogP contribution in [0.15, 0.2) is 18.2 Å². The van der Waals surface area contributed by atoms with Crippen LogP contribution in [0, 0.1) is 25.2 Å². The van der Waals surface area contributed by atoms with Gasteiger partial charge < -0.3 is 14.7 Å². The van der Waals surface area contributed by atoms with Gasteiger partial charge in [0.25, 0.3) is 0 Å². The predicted octanol–water partition coefficient (Wildman–Crippen LogP) is 3.03. The molecule has 132 valence electrons. The first-order chi connectivity index (χ1) is 11.3. The van der Waals surface area contributed by atoms with Gasteiger partial charge in [-0.25, -0.2) is 0 Å². The zero-order chi connectivity index (χ0) is 17.9. The van der Waals surface area contributed by atoms with Gasteiger partial charge in [-0.1, -0.05) is 31.5 Å². The summed E-state index contributed by atoms with van der Waals surface area (Å²) in [6.07, 6.45) is 0.783. The van der Waals surface area contributed by atoms with Crippen LogP contribution < -0.4 is 4.74 Å². The van der Waals surface area contributed by atoms with Crippen LogP contribution in [0.5, 0.6) is 5.75 Å². The minimum Gasteiger partial charge on any atom is -0.493 e. The molecule has 1 aliphatic rings. The summed E-state index contributed by atoms with van der Waals surface area (Å²) < 4.78 is 5.71. The number of aryl methyl sites for hydroxylation is 2. The quantitative estimate of drug-likeness (QED) is 0.869. The molecule has 2 rings (SSSR count). The number of carboxylic acid groups (broad SMARTS) is 1. The maximum absolute atomic E-state index is 12.4. The number of carbonyl (C=O) groups is 2. The first-order valence-electron chi connectivity index (χ1n) is 8.47. The Bertz CT molecular complexity index is 626. The largest absolute Gasteiger partial charge is 0.493 e. The minimum atomic E-state index is -0.815. The standard InChI is InChI=1S/C19H27NO4/c1-13(2)19(18(22)23)8-9-20(12-19)17(21)7-10-24-16-6-5-14(3)11-15(16)4/h5-6,11,13H,7-10,12H2,1-4H3,(H,22,23). The molecule has 1 saturated heterocycles. The van der Waals surface area contributed by atoms with E-state index in [0.29, 0.717) is 26.1 Å². The fourth-order valence-corrected chi connectivity index (χ4v) is 3.31. The number of nitrogens with zero attached hydrogens (tertiary/aromatic N) is 1. The molecule has 1 heterocycles. The van der Waals surface area contributed by atoms with Gasteiger partial charge in [0.15, 0.2) is 0 Å². The number of rotatable bonds is 6. The third kappa shape index (κ3) is 3.71. The van der Waals surface area contributed by atoms with Crippen LogP contribution in [0.2, 0.25) is 0 Å². The van der Waals surface area contributed by atoms with E-state index in [-0.39, 0.29) is 18.2 Å². The molecule has 0 aromatic heterocycles. The number of aliphatic carboxylic acids is 1. The number of benzene rings is 1. The number of carboxylic acids is 1. The average Bonchev–Trinajstić information content (AvgIpc) is 2.96. The summed E-state index contributed by atoms with van der Waals surface area (Å²) in [7, 11) is 0. The lowest BCUT2D eigenvalue weighted by Crippen LogP contribution is -2.40. The normalized spacial score (nSPS) is 20.5. The maximum Gasteiger partial charge on any atom is 0.311 e. The Morgan fingerprint density at radius 2 is 2.04 bits per heavy atom. The van der Waals surface area contributed by atoms with E-state index in [9.17, 15) is 14.7 Å². The Balaban J connectivity index is 1.88. The van der Waals surface area contributed by atoms with E-state index in [1.54, 1.807) is 4.90 Å². The second-order valence-electron chi connectivity index (χ2n) is 7.05. The van der Waals surface area contributed by atoms with Gasteiger partial charge in [0, 0.05) is 13.1 Å². The monoisotopic (exact) mass is 333 g/mol. The molecule has 1 fully saturated rings. The molecule has 1 unspecified atom stereocenters. The molecule has 0 saturated carbocycles. The van der Waals surface area contributed by atoms with E-state index in [0.717, 1.165) is 11.3 Å². The van der Waals surface area contributed by atoms with Crippen LogP contribution in [-0.4, -0.2) is 41.6 Å². The van der Waals surface area contributed by atoms with E-state index < -0.39 is 11.4 Å². The van der Waals surface area contributed by atoms with Gasteiger partial charge in [-0.15, -0.1) is 0 Å². The molecule has 1 atom stereocenters. The van der Waals surface area contributed by atoms with Gasteiger partial charge in [0.2, 0.25) is 5.91 Å². The number of hydrogen-bond donors (Lipinski definition) is 1. The highest BCUT2D eigenvalue weighted by Gasteiger charge is 2.48. The van der Waals surface area contributed by atoms with Gasteiger partial charge in [-0.2, -0.15) is 0 Å². The smallest absolute Gasteiger partial charge is 0.311 e. The molecular formula is C19H27NO4. The van der Waals surface area contributed by atoms with Crippen molar-refractivity contribution >= 4 is 11.9 Å². The SMILES string of the molecule is Cc1ccc(OCCC(=O)N2CCC(C(=O)O)(C(C)C)C2)c(C)c1. The number of amides is 1. The predicted molar refractivity (Wildman–Crippen MR) is 92.1 cm³/mol. The maximum atomic E-state index is 12.4. The van der Waals surface area contributed by atoms with Crippen molar-refractivity contribution < 1.29 is 19.4 Å². The highest BCUT2D eigenvalue weighted by atomic mass is 16.5. The van der Waals surface area contributed by atoms with Crippen LogP contribution in [0.25, 0.3) is 0 Å². The van der Waals surface area contributed by atoms with Gasteiger partial charge >= 0.3 is 5.97 Å². The molecule has 0 spiro atoms. The lowest BCUT2D eigenvalue weighted by atomic mass is 9.76. The Kier molecular flexibility index (Phi) is 5.52. The topological polar surface area (TPSA) is 66.8 Å². The molecule has 1 aliphatic heterocycles. The first kappa shape index (κ1) is 18.3. The fourth-order valence-electron chi connectivity index (χ4n) is 3.31. The van der Waals surface area contributed by atoms with Gasteiger partial charge in [-0.05, 0) is 37.8 Å². The fraction of sp³-hybridized carbons (Fsp3) is 0.579. The van der Waals surface area contributed by atoms with E-state index in [2.05, 4.69) is 0 Å². The van der Waals surface area contributed by atoms with Gasteiger partial charge in [0.1, 0.15) is 5.75 Å². The van der Waals surface area contributed by atoms with Crippen LogP contribution in [-0.2, 0) is 9.59 Å². The van der Waals surface area contributed by atoms with Gasteiger partial charge in [0.05, 0.1) is 18.4 Å². The second kappa shape index (κ2) is 7.24. The van der Waals surface area contributed by atoms with Crippen LogP contribution in [0.3, 0.4) is 0 Å². The second-order valence-corrected chi connectivity index (χ2v) is 7.05. The summed E-state index contributed by atoms with van der Waals surface area (Å²) in [4.78, 5) is 25.7. The lowest BCUT2D eigenvalue weighted by molar-refractivity contribution is -0.151. The lowest BCUT2D eigenvalue weighted by Gasteiger charge is -2.28. The minimum absolute atomic E-state index is 0.000687. The molecule has 0 bridgehead atoms. The Morgan fingerprint density at radius 1 is 1.33 bits per heavy atom. The Morgan fingerprint density at radius 3 is 2.58 bits per heavy atom. The zero-order valence-electron chi connectivity index (χ0n) is 15.0. The summed E-state index contributed by atoms with van der Waals surface area (Å²) >= 11 is 0. The summed E-state index contributed by atoms with van der Waals surface area (Å²) in [5.74, 6) is -0.0565. The summed E-state index contributed by atoms with van der Waals surface area (Å²) in [6, 6.07) is 5.94. The van der Waals surface area contributed by atoms with Crippen LogP contribution >= 0.6 is 0 Å². The average molecular weight is 333 g/mol. The zero-order valence-corrected chi connectivity index (χ0v) is 15.0. The van der Waals surface area contributed by atoms with Crippen molar-refractivity contribution in [3.63, 3.8) is 0 Å². The van der Waals surface area contributed by atoms with E-state index in [1.165, 1.54) is 5.56 Å². The molecule has 1 aromatic carbocycles. The van der Waals surface area contributed by atoms with Crippen molar-refractivity contribution in [2.45, 2.75) is 40.5 Å². The molecule has 0 aliphatic carbocycles. The molecule has 1 N–H and O–H groups in total. The number of ether oxygens (including phenoxy) is 1. The van der Waals surface area contributed by atoms with E-state index in [4.69, 9.17) is 4.74 Å². The summed E-state index contributed by atoms with van der Waals surface area (Å²) in [5.41, 5.74) is 1.41. The van der Waals surface area contributed by atoms with E-state index in [1.807, 2.05) is 45.9 Å². The van der Waals surface area contributed by atoms with E-state index >= 15 is 0 Å². The third-order valence-electron chi connectivity index (χ3n) is 5.09. The summed E-state index contributed by atoms with van der Waals surface area (Å²) in [5, 5.41) is 9.55. The number of carbonyl (C=O) groups excluding carboxylic acids is 1. The molecule has 24 heavy (non-hydrogen) atoms.